The van der Waals surface area contributed by atoms with Gasteiger partial charge in [0, 0.05) is 28.7 Å². The molecular weight excluding hydrogens is 290 g/mol. The van der Waals surface area contributed by atoms with Crippen LogP contribution in [0.5, 0.6) is 0 Å². The fraction of sp³-hybridized carbons (Fsp3) is 0.529. The molecule has 0 aliphatic carbocycles. The van der Waals surface area contributed by atoms with Gasteiger partial charge in [0.05, 0.1) is 12.1 Å². The summed E-state index contributed by atoms with van der Waals surface area (Å²) in [7, 11) is 0. The van der Waals surface area contributed by atoms with Crippen molar-refractivity contribution in [2.75, 3.05) is 0 Å². The predicted octanol–water partition coefficient (Wildman–Crippen LogP) is 2.35. The molecule has 0 spiro atoms. The van der Waals surface area contributed by atoms with Gasteiger partial charge in [-0.2, -0.15) is 5.10 Å². The van der Waals surface area contributed by atoms with Gasteiger partial charge in [0.15, 0.2) is 0 Å². The number of nitrogens with zero attached hydrogens (tertiary/aromatic N) is 4. The Morgan fingerprint density at radius 1 is 1.22 bits per heavy atom. The van der Waals surface area contributed by atoms with E-state index in [1.54, 1.807) is 4.68 Å². The van der Waals surface area contributed by atoms with Gasteiger partial charge in [-0.25, -0.2) is 14.6 Å². The normalized spacial score (nSPS) is 12.3. The molecule has 1 N–H and O–H groups in total. The number of carbonyl (C=O) groups is 1. The van der Waals surface area contributed by atoms with Crippen LogP contribution < -0.4 is 5.32 Å². The minimum Gasteiger partial charge on any atom is -0.353 e. The zero-order valence-corrected chi connectivity index (χ0v) is 14.8. The van der Waals surface area contributed by atoms with Crippen LogP contribution in [0.4, 0.5) is 0 Å². The molecule has 1 unspecified atom stereocenters. The van der Waals surface area contributed by atoms with E-state index in [9.17, 15) is 4.79 Å². The minimum absolute atomic E-state index is 0.0199. The Kier molecular flexibility index (Phi) is 5.13. The molecule has 0 aliphatic heterocycles. The average molecular weight is 315 g/mol. The van der Waals surface area contributed by atoms with Crippen LogP contribution in [0.3, 0.4) is 0 Å². The van der Waals surface area contributed by atoms with Crippen LogP contribution in [-0.2, 0) is 11.2 Å². The van der Waals surface area contributed by atoms with Crippen LogP contribution in [0.25, 0.3) is 5.95 Å². The Balaban J connectivity index is 2.31. The van der Waals surface area contributed by atoms with Gasteiger partial charge in [-0.3, -0.25) is 4.79 Å². The van der Waals surface area contributed by atoms with Crippen LogP contribution in [0.15, 0.2) is 6.07 Å². The van der Waals surface area contributed by atoms with E-state index in [0.29, 0.717) is 12.4 Å². The summed E-state index contributed by atoms with van der Waals surface area (Å²) in [5, 5.41) is 7.52. The number of hydrogen-bond acceptors (Lipinski definition) is 4. The fourth-order valence-corrected chi connectivity index (χ4v) is 2.52. The number of carbonyl (C=O) groups excluding carboxylic acids is 1. The van der Waals surface area contributed by atoms with Crippen molar-refractivity contribution in [2.24, 2.45) is 0 Å². The molecule has 0 aromatic carbocycles. The topological polar surface area (TPSA) is 72.7 Å². The lowest BCUT2D eigenvalue weighted by Gasteiger charge is -2.11. The van der Waals surface area contributed by atoms with Gasteiger partial charge in [-0.05, 0) is 47.1 Å². The van der Waals surface area contributed by atoms with Crippen LogP contribution in [0.2, 0.25) is 0 Å². The number of hydrogen-bond donors (Lipinski definition) is 1. The summed E-state index contributed by atoms with van der Waals surface area (Å²) >= 11 is 0. The molecule has 124 valence electrons. The lowest BCUT2D eigenvalue weighted by Crippen LogP contribution is -2.33. The van der Waals surface area contributed by atoms with E-state index in [1.165, 1.54) is 0 Å². The van der Waals surface area contributed by atoms with E-state index in [1.807, 2.05) is 40.7 Å². The maximum absolute atomic E-state index is 12.2. The number of nitrogens with one attached hydrogen (secondary N) is 1. The molecule has 0 fully saturated rings. The van der Waals surface area contributed by atoms with Crippen molar-refractivity contribution in [1.82, 2.24) is 25.1 Å². The highest BCUT2D eigenvalue weighted by molar-refractivity contribution is 5.79. The Hall–Kier alpha value is -2.24. The number of amides is 1. The zero-order valence-electron chi connectivity index (χ0n) is 14.8. The summed E-state index contributed by atoms with van der Waals surface area (Å²) in [6.07, 6.45) is 1.24. The van der Waals surface area contributed by atoms with Gasteiger partial charge in [0.25, 0.3) is 5.95 Å². The SMILES string of the molecule is CCC(C)NC(=O)Cc1c(C)nn(-c2nc(C)cc(C)n2)c1C. The average Bonchev–Trinajstić information content (AvgIpc) is 2.74. The fourth-order valence-electron chi connectivity index (χ4n) is 2.52. The summed E-state index contributed by atoms with van der Waals surface area (Å²) in [5.41, 5.74) is 4.48. The molecule has 6 heteroatoms. The molecule has 1 atom stereocenters. The molecule has 2 aromatic heterocycles. The first-order chi connectivity index (χ1) is 10.8. The summed E-state index contributed by atoms with van der Waals surface area (Å²) in [4.78, 5) is 21.1. The molecule has 2 heterocycles. The van der Waals surface area contributed by atoms with E-state index in [0.717, 1.165) is 34.8 Å². The third-order valence-corrected chi connectivity index (χ3v) is 3.96. The second-order valence-corrected chi connectivity index (χ2v) is 6.07. The second-order valence-electron chi connectivity index (χ2n) is 6.07. The highest BCUT2D eigenvalue weighted by Crippen LogP contribution is 2.17. The van der Waals surface area contributed by atoms with Gasteiger partial charge in [0.2, 0.25) is 5.91 Å². The first-order valence-electron chi connectivity index (χ1n) is 7.99. The standard InChI is InChI=1S/C17H25N5O/c1-7-10(2)18-16(23)9-15-13(5)21-22(14(15)6)17-19-11(3)8-12(4)20-17/h8,10H,7,9H2,1-6H3,(H,18,23). The van der Waals surface area contributed by atoms with Crippen molar-refractivity contribution in [3.05, 3.63) is 34.4 Å². The van der Waals surface area contributed by atoms with Crippen molar-refractivity contribution in [3.8, 4) is 5.95 Å². The highest BCUT2D eigenvalue weighted by Gasteiger charge is 2.18. The Labute approximate surface area is 137 Å². The van der Waals surface area contributed by atoms with E-state index < -0.39 is 0 Å². The van der Waals surface area contributed by atoms with Gasteiger partial charge in [0.1, 0.15) is 0 Å². The quantitative estimate of drug-likeness (QED) is 0.919. The molecule has 1 amide bonds. The molecule has 0 radical (unpaired) electrons. The molecule has 2 aromatic rings. The zero-order chi connectivity index (χ0) is 17.1. The van der Waals surface area contributed by atoms with Crippen LogP contribution in [0.1, 0.15) is 48.6 Å². The number of aryl methyl sites for hydroxylation is 3. The second kappa shape index (κ2) is 6.89. The third-order valence-electron chi connectivity index (χ3n) is 3.96. The van der Waals surface area contributed by atoms with Crippen molar-refractivity contribution in [2.45, 2.75) is 60.4 Å². The molecule has 23 heavy (non-hydrogen) atoms. The van der Waals surface area contributed by atoms with Crippen molar-refractivity contribution >= 4 is 5.91 Å². The predicted molar refractivity (Wildman–Crippen MR) is 89.7 cm³/mol. The largest absolute Gasteiger partial charge is 0.353 e. The van der Waals surface area contributed by atoms with Crippen LogP contribution in [-0.4, -0.2) is 31.7 Å². The number of rotatable bonds is 5. The van der Waals surface area contributed by atoms with Gasteiger partial charge in [-0.15, -0.1) is 0 Å². The van der Waals surface area contributed by atoms with E-state index in [2.05, 4.69) is 27.3 Å². The smallest absolute Gasteiger partial charge is 0.251 e. The van der Waals surface area contributed by atoms with Gasteiger partial charge >= 0.3 is 0 Å². The van der Waals surface area contributed by atoms with Crippen molar-refractivity contribution in [1.29, 1.82) is 0 Å². The first-order valence-corrected chi connectivity index (χ1v) is 7.99. The molecular formula is C17H25N5O. The Bertz CT molecular complexity index is 700. The summed E-state index contributed by atoms with van der Waals surface area (Å²) in [6.45, 7) is 11.8. The third kappa shape index (κ3) is 3.94. The van der Waals surface area contributed by atoms with E-state index in [-0.39, 0.29) is 11.9 Å². The molecule has 0 aliphatic rings. The Morgan fingerprint density at radius 2 is 1.83 bits per heavy atom. The highest BCUT2D eigenvalue weighted by atomic mass is 16.1. The summed E-state index contributed by atoms with van der Waals surface area (Å²) < 4.78 is 1.72. The first kappa shape index (κ1) is 17.1. The lowest BCUT2D eigenvalue weighted by atomic mass is 10.1. The molecule has 0 bridgehead atoms. The molecule has 0 saturated heterocycles. The lowest BCUT2D eigenvalue weighted by molar-refractivity contribution is -0.121. The van der Waals surface area contributed by atoms with Crippen LogP contribution >= 0.6 is 0 Å². The van der Waals surface area contributed by atoms with Gasteiger partial charge < -0.3 is 5.32 Å². The van der Waals surface area contributed by atoms with E-state index >= 15 is 0 Å². The summed E-state index contributed by atoms with van der Waals surface area (Å²) in [5.74, 6) is 0.572. The monoisotopic (exact) mass is 315 g/mol. The molecule has 6 nitrogen and oxygen atoms in total. The van der Waals surface area contributed by atoms with Crippen molar-refractivity contribution < 1.29 is 4.79 Å². The van der Waals surface area contributed by atoms with Crippen molar-refractivity contribution in [3.63, 3.8) is 0 Å². The maximum Gasteiger partial charge on any atom is 0.251 e. The van der Waals surface area contributed by atoms with Gasteiger partial charge in [-0.1, -0.05) is 6.92 Å². The molecule has 2 rings (SSSR count). The minimum atomic E-state index is 0.0199. The maximum atomic E-state index is 12.2. The molecule has 0 saturated carbocycles. The summed E-state index contributed by atoms with van der Waals surface area (Å²) in [6, 6.07) is 2.11. The van der Waals surface area contributed by atoms with E-state index in [4.69, 9.17) is 0 Å². The van der Waals surface area contributed by atoms with Crippen LogP contribution in [0, 0.1) is 27.7 Å². The Morgan fingerprint density at radius 3 is 2.39 bits per heavy atom. The number of aromatic nitrogens is 4.